The first-order valence-electron chi connectivity index (χ1n) is 4.07. The maximum absolute atomic E-state index is 10.4. The van der Waals surface area contributed by atoms with Gasteiger partial charge in [0.1, 0.15) is 0 Å². The van der Waals surface area contributed by atoms with Gasteiger partial charge in [0.15, 0.2) is 0 Å². The second kappa shape index (κ2) is 3.20. The van der Waals surface area contributed by atoms with Crippen molar-refractivity contribution in [1.29, 1.82) is 0 Å². The van der Waals surface area contributed by atoms with E-state index >= 15 is 0 Å². The van der Waals surface area contributed by atoms with Gasteiger partial charge in [0.25, 0.3) is 0 Å². The largest absolute Gasteiger partial charge is 0.475 e. The van der Waals surface area contributed by atoms with Crippen LogP contribution in [0.3, 0.4) is 0 Å². The molecule has 1 heterocycles. The molecule has 0 atom stereocenters. The number of rotatable bonds is 2. The summed E-state index contributed by atoms with van der Waals surface area (Å²) in [7, 11) is 0. The van der Waals surface area contributed by atoms with E-state index in [9.17, 15) is 4.79 Å². The van der Waals surface area contributed by atoms with E-state index in [1.165, 1.54) is 6.07 Å². The molecular weight excluding hydrogens is 170 g/mol. The fourth-order valence-corrected chi connectivity index (χ4v) is 1.04. The van der Waals surface area contributed by atoms with Crippen LogP contribution in [0.2, 0.25) is 0 Å². The Morgan fingerprint density at radius 1 is 1.62 bits per heavy atom. The fourth-order valence-electron chi connectivity index (χ4n) is 1.04. The third-order valence-corrected chi connectivity index (χ3v) is 1.48. The van der Waals surface area contributed by atoms with Crippen molar-refractivity contribution in [1.82, 2.24) is 5.16 Å². The van der Waals surface area contributed by atoms with Crippen LogP contribution >= 0.6 is 0 Å². The second-order valence-corrected chi connectivity index (χ2v) is 4.23. The quantitative estimate of drug-likeness (QED) is 0.761. The maximum atomic E-state index is 10.4. The minimum absolute atomic E-state index is 0.0899. The van der Waals surface area contributed by atoms with Gasteiger partial charge in [0.05, 0.1) is 5.69 Å². The van der Waals surface area contributed by atoms with E-state index in [4.69, 9.17) is 5.11 Å². The summed E-state index contributed by atoms with van der Waals surface area (Å²) in [5, 5.41) is 12.2. The third-order valence-electron chi connectivity index (χ3n) is 1.48. The number of carboxylic acids is 1. The lowest BCUT2D eigenvalue weighted by molar-refractivity contribution is 0.0652. The van der Waals surface area contributed by atoms with Crippen molar-refractivity contribution < 1.29 is 14.4 Å². The minimum atomic E-state index is -1.08. The first kappa shape index (κ1) is 9.77. The van der Waals surface area contributed by atoms with Gasteiger partial charge in [-0.3, -0.25) is 0 Å². The van der Waals surface area contributed by atoms with Crippen LogP contribution in [-0.4, -0.2) is 16.2 Å². The van der Waals surface area contributed by atoms with Gasteiger partial charge in [-0.2, -0.15) is 0 Å². The van der Waals surface area contributed by atoms with Gasteiger partial charge in [-0.25, -0.2) is 4.79 Å². The van der Waals surface area contributed by atoms with E-state index in [0.29, 0.717) is 12.1 Å². The lowest BCUT2D eigenvalue weighted by Gasteiger charge is -2.14. The van der Waals surface area contributed by atoms with Crippen molar-refractivity contribution in [2.75, 3.05) is 0 Å². The number of aromatic nitrogens is 1. The average molecular weight is 183 g/mol. The molecule has 0 aliphatic heterocycles. The number of aromatic carboxylic acids is 1. The average Bonchev–Trinajstić information content (AvgIpc) is 2.31. The molecule has 1 N–H and O–H groups in total. The van der Waals surface area contributed by atoms with Crippen LogP contribution in [0.1, 0.15) is 37.0 Å². The topological polar surface area (TPSA) is 63.3 Å². The molecule has 1 rings (SSSR count). The Morgan fingerprint density at radius 2 is 2.23 bits per heavy atom. The number of carboxylic acid groups (broad SMARTS) is 1. The molecule has 0 amide bonds. The molecule has 13 heavy (non-hydrogen) atoms. The van der Waals surface area contributed by atoms with Gasteiger partial charge in [-0.1, -0.05) is 25.9 Å². The lowest BCUT2D eigenvalue weighted by Crippen LogP contribution is -2.09. The number of nitrogens with zero attached hydrogens (tertiary/aromatic N) is 1. The minimum Gasteiger partial charge on any atom is -0.475 e. The van der Waals surface area contributed by atoms with Crippen LogP contribution in [0.4, 0.5) is 0 Å². The van der Waals surface area contributed by atoms with Crippen LogP contribution < -0.4 is 0 Å². The summed E-state index contributed by atoms with van der Waals surface area (Å²) in [5.74, 6) is -1.17. The smallest absolute Gasteiger partial charge is 0.374 e. The molecule has 0 spiro atoms. The van der Waals surface area contributed by atoms with E-state index in [0.717, 1.165) is 0 Å². The van der Waals surface area contributed by atoms with Crippen molar-refractivity contribution >= 4 is 5.97 Å². The summed E-state index contributed by atoms with van der Waals surface area (Å²) in [6, 6.07) is 1.47. The summed E-state index contributed by atoms with van der Waals surface area (Å²) in [4.78, 5) is 10.4. The van der Waals surface area contributed by atoms with Crippen molar-refractivity contribution in [2.45, 2.75) is 27.2 Å². The Kier molecular flexibility index (Phi) is 2.40. The number of carbonyl (C=O) groups is 1. The predicted octanol–water partition coefficient (Wildman–Crippen LogP) is 1.96. The molecule has 0 aliphatic rings. The zero-order valence-electron chi connectivity index (χ0n) is 8.00. The maximum Gasteiger partial charge on any atom is 0.374 e. The van der Waals surface area contributed by atoms with E-state index in [2.05, 4.69) is 30.5 Å². The molecular formula is C9H13NO3. The standard InChI is InChI=1S/C9H13NO3/c1-9(2,3)5-6-4-7(8(11)12)13-10-6/h4H,5H2,1-3H3,(H,11,12). The lowest BCUT2D eigenvalue weighted by atomic mass is 9.90. The molecule has 0 saturated carbocycles. The third kappa shape index (κ3) is 2.89. The van der Waals surface area contributed by atoms with Crippen molar-refractivity contribution in [2.24, 2.45) is 5.41 Å². The van der Waals surface area contributed by atoms with Crippen molar-refractivity contribution in [3.05, 3.63) is 17.5 Å². The Labute approximate surface area is 76.5 Å². The molecule has 0 aliphatic carbocycles. The van der Waals surface area contributed by atoms with E-state index in [1.54, 1.807) is 0 Å². The molecule has 0 unspecified atom stereocenters. The SMILES string of the molecule is CC(C)(C)Cc1cc(C(=O)O)on1. The fraction of sp³-hybridized carbons (Fsp3) is 0.556. The van der Waals surface area contributed by atoms with Crippen LogP contribution in [0.15, 0.2) is 10.6 Å². The molecule has 72 valence electrons. The van der Waals surface area contributed by atoms with Crippen molar-refractivity contribution in [3.63, 3.8) is 0 Å². The molecule has 0 saturated heterocycles. The second-order valence-electron chi connectivity index (χ2n) is 4.23. The summed E-state index contributed by atoms with van der Waals surface area (Å²) in [6.07, 6.45) is 0.712. The zero-order valence-corrected chi connectivity index (χ0v) is 8.00. The van der Waals surface area contributed by atoms with Gasteiger partial charge >= 0.3 is 5.97 Å². The molecule has 0 fully saturated rings. The molecule has 0 bridgehead atoms. The van der Waals surface area contributed by atoms with Crippen LogP contribution in [0.25, 0.3) is 0 Å². The number of hydrogen-bond donors (Lipinski definition) is 1. The zero-order chi connectivity index (χ0) is 10.1. The van der Waals surface area contributed by atoms with Gasteiger partial charge < -0.3 is 9.63 Å². The normalized spacial score (nSPS) is 11.6. The van der Waals surface area contributed by atoms with E-state index < -0.39 is 5.97 Å². The highest BCUT2D eigenvalue weighted by atomic mass is 16.5. The van der Waals surface area contributed by atoms with Gasteiger partial charge in [0, 0.05) is 6.07 Å². The van der Waals surface area contributed by atoms with Gasteiger partial charge in [-0.15, -0.1) is 0 Å². The number of hydrogen-bond acceptors (Lipinski definition) is 3. The van der Waals surface area contributed by atoms with Crippen LogP contribution in [-0.2, 0) is 6.42 Å². The summed E-state index contributed by atoms with van der Waals surface area (Å²) >= 11 is 0. The van der Waals surface area contributed by atoms with Crippen LogP contribution in [0, 0.1) is 5.41 Å². The van der Waals surface area contributed by atoms with Crippen LogP contribution in [0.5, 0.6) is 0 Å². The highest BCUT2D eigenvalue weighted by Gasteiger charge is 2.16. The Morgan fingerprint density at radius 3 is 2.62 bits per heavy atom. The molecule has 4 nitrogen and oxygen atoms in total. The highest BCUT2D eigenvalue weighted by molar-refractivity contribution is 5.84. The van der Waals surface area contributed by atoms with E-state index in [1.807, 2.05) is 0 Å². The predicted molar refractivity (Wildman–Crippen MR) is 46.6 cm³/mol. The first-order chi connectivity index (χ1) is 5.88. The molecule has 1 aromatic rings. The summed E-state index contributed by atoms with van der Waals surface area (Å²) in [6.45, 7) is 6.17. The summed E-state index contributed by atoms with van der Waals surface area (Å²) in [5.41, 5.74) is 0.775. The molecule has 4 heteroatoms. The molecule has 0 radical (unpaired) electrons. The van der Waals surface area contributed by atoms with Crippen molar-refractivity contribution in [3.8, 4) is 0 Å². The van der Waals surface area contributed by atoms with E-state index in [-0.39, 0.29) is 11.2 Å². The Hall–Kier alpha value is -1.32. The summed E-state index contributed by atoms with van der Waals surface area (Å²) < 4.78 is 4.62. The Balaban J connectivity index is 2.75. The molecule has 1 aromatic heterocycles. The Bertz CT molecular complexity index is 309. The highest BCUT2D eigenvalue weighted by Crippen LogP contribution is 2.20. The monoisotopic (exact) mass is 183 g/mol. The first-order valence-corrected chi connectivity index (χ1v) is 4.07. The van der Waals surface area contributed by atoms with Gasteiger partial charge in [-0.05, 0) is 11.8 Å². The van der Waals surface area contributed by atoms with Gasteiger partial charge in [0.2, 0.25) is 5.76 Å². The molecule has 0 aromatic carbocycles.